The van der Waals surface area contributed by atoms with Crippen LogP contribution in [0.1, 0.15) is 406 Å². The van der Waals surface area contributed by atoms with Gasteiger partial charge in [0.25, 0.3) is 0 Å². The standard InChI is InChI=1S/C69H137NO5/c1-3-5-7-9-11-13-15-16-17-18-32-35-38-42-45-49-53-57-61-67(72)66(65-71)70-68(73)62-58-54-50-46-43-39-36-33-30-28-26-24-22-20-19-21-23-25-27-29-31-34-37-40-44-48-52-56-60-64-75-69(74)63-59-55-51-47-41-14-12-10-8-6-4-2/h66-67,71-72H,3-65H2,1-2H3,(H,70,73). The molecule has 0 aliphatic heterocycles. The van der Waals surface area contributed by atoms with E-state index in [-0.39, 0.29) is 18.5 Å². The van der Waals surface area contributed by atoms with Gasteiger partial charge < -0.3 is 20.3 Å². The van der Waals surface area contributed by atoms with Gasteiger partial charge in [-0.05, 0) is 25.7 Å². The number of carbonyl (C=O) groups is 2. The Kier molecular flexibility index (Phi) is 64.4. The third kappa shape index (κ3) is 61.9. The first-order valence-corrected chi connectivity index (χ1v) is 34.8. The molecule has 6 heteroatoms. The lowest BCUT2D eigenvalue weighted by Crippen LogP contribution is -2.45. The van der Waals surface area contributed by atoms with E-state index in [2.05, 4.69) is 19.2 Å². The molecule has 0 heterocycles. The monoisotopic (exact) mass is 1060 g/mol. The Morgan fingerprint density at radius 3 is 0.813 bits per heavy atom. The fourth-order valence-corrected chi connectivity index (χ4v) is 11.4. The number of ether oxygens (including phenoxy) is 1. The maximum atomic E-state index is 12.5. The van der Waals surface area contributed by atoms with Crippen molar-refractivity contribution in [1.82, 2.24) is 5.32 Å². The molecule has 0 bridgehead atoms. The van der Waals surface area contributed by atoms with Gasteiger partial charge in [-0.2, -0.15) is 0 Å². The zero-order valence-electron chi connectivity index (χ0n) is 51.3. The highest BCUT2D eigenvalue weighted by Crippen LogP contribution is 2.19. The van der Waals surface area contributed by atoms with Gasteiger partial charge in [0.1, 0.15) is 0 Å². The van der Waals surface area contributed by atoms with Crippen molar-refractivity contribution in [3.63, 3.8) is 0 Å². The van der Waals surface area contributed by atoms with Gasteiger partial charge in [0.05, 0.1) is 25.4 Å². The molecular weight excluding hydrogens is 923 g/mol. The molecule has 0 aliphatic carbocycles. The molecule has 3 N–H and O–H groups in total. The van der Waals surface area contributed by atoms with Crippen molar-refractivity contribution in [2.75, 3.05) is 13.2 Å². The molecule has 1 amide bonds. The van der Waals surface area contributed by atoms with Crippen molar-refractivity contribution in [1.29, 1.82) is 0 Å². The molecule has 0 spiro atoms. The number of rotatable bonds is 66. The Morgan fingerprint density at radius 1 is 0.320 bits per heavy atom. The molecule has 2 atom stereocenters. The van der Waals surface area contributed by atoms with Crippen molar-refractivity contribution < 1.29 is 24.5 Å². The van der Waals surface area contributed by atoms with Gasteiger partial charge in [-0.1, -0.05) is 367 Å². The predicted octanol–water partition coefficient (Wildman–Crippen LogP) is 22.2. The number of amides is 1. The Balaban J connectivity index is 3.33. The Hall–Kier alpha value is -1.14. The quantitative estimate of drug-likeness (QED) is 0.0417. The smallest absolute Gasteiger partial charge is 0.305 e. The highest BCUT2D eigenvalue weighted by Gasteiger charge is 2.20. The molecule has 0 rings (SSSR count). The second-order valence-corrected chi connectivity index (χ2v) is 24.2. The van der Waals surface area contributed by atoms with Crippen LogP contribution >= 0.6 is 0 Å². The van der Waals surface area contributed by atoms with E-state index < -0.39 is 12.1 Å². The van der Waals surface area contributed by atoms with Gasteiger partial charge in [0.15, 0.2) is 0 Å². The van der Waals surface area contributed by atoms with Crippen LogP contribution in [0.5, 0.6) is 0 Å². The Bertz CT molecular complexity index is 1080. The number of aliphatic hydroxyl groups is 2. The summed E-state index contributed by atoms with van der Waals surface area (Å²) in [7, 11) is 0. The Labute approximate surface area is 470 Å². The van der Waals surface area contributed by atoms with Crippen LogP contribution in [-0.2, 0) is 14.3 Å². The van der Waals surface area contributed by atoms with E-state index in [4.69, 9.17) is 4.74 Å². The first-order valence-electron chi connectivity index (χ1n) is 34.8. The number of esters is 1. The van der Waals surface area contributed by atoms with E-state index in [1.807, 2.05) is 0 Å². The van der Waals surface area contributed by atoms with E-state index in [0.717, 1.165) is 38.5 Å². The van der Waals surface area contributed by atoms with Crippen LogP contribution < -0.4 is 5.32 Å². The van der Waals surface area contributed by atoms with Crippen molar-refractivity contribution in [3.05, 3.63) is 0 Å². The molecular formula is C69H137NO5. The third-order valence-electron chi connectivity index (χ3n) is 16.7. The molecule has 0 aromatic carbocycles. The lowest BCUT2D eigenvalue weighted by Gasteiger charge is -2.22. The van der Waals surface area contributed by atoms with Gasteiger partial charge in [0, 0.05) is 12.8 Å². The summed E-state index contributed by atoms with van der Waals surface area (Å²) in [5.41, 5.74) is 0. The molecule has 75 heavy (non-hydrogen) atoms. The highest BCUT2D eigenvalue weighted by molar-refractivity contribution is 5.76. The molecule has 0 aromatic rings. The normalized spacial score (nSPS) is 12.4. The minimum Gasteiger partial charge on any atom is -0.466 e. The van der Waals surface area contributed by atoms with Crippen LogP contribution in [0.15, 0.2) is 0 Å². The van der Waals surface area contributed by atoms with E-state index in [1.165, 1.54) is 334 Å². The molecule has 0 aliphatic rings. The fourth-order valence-electron chi connectivity index (χ4n) is 11.4. The number of hydrogen-bond donors (Lipinski definition) is 3. The van der Waals surface area contributed by atoms with Crippen LogP contribution in [0, 0.1) is 0 Å². The third-order valence-corrected chi connectivity index (χ3v) is 16.7. The number of aliphatic hydroxyl groups excluding tert-OH is 2. The van der Waals surface area contributed by atoms with E-state index in [0.29, 0.717) is 25.9 Å². The van der Waals surface area contributed by atoms with Crippen molar-refractivity contribution >= 4 is 11.9 Å². The summed E-state index contributed by atoms with van der Waals surface area (Å²) in [6.07, 6.45) is 78.7. The predicted molar refractivity (Wildman–Crippen MR) is 329 cm³/mol. The van der Waals surface area contributed by atoms with Crippen molar-refractivity contribution in [2.24, 2.45) is 0 Å². The largest absolute Gasteiger partial charge is 0.466 e. The van der Waals surface area contributed by atoms with Gasteiger partial charge in [-0.3, -0.25) is 9.59 Å². The molecule has 6 nitrogen and oxygen atoms in total. The SMILES string of the molecule is CCCCCCCCCCCCCCCCCCCCC(O)C(CO)NC(=O)CCCCCCCCCCCCCCCCCCCCCCCCCCCCCCCOC(=O)CCCCCCCCCCCCC. The van der Waals surface area contributed by atoms with Crippen LogP contribution in [0.4, 0.5) is 0 Å². The van der Waals surface area contributed by atoms with Gasteiger partial charge in [-0.25, -0.2) is 0 Å². The molecule has 0 aromatic heterocycles. The van der Waals surface area contributed by atoms with E-state index in [9.17, 15) is 19.8 Å². The van der Waals surface area contributed by atoms with Crippen molar-refractivity contribution in [2.45, 2.75) is 418 Å². The number of carbonyl (C=O) groups excluding carboxylic acids is 2. The number of nitrogens with one attached hydrogen (secondary N) is 1. The number of unbranched alkanes of at least 4 members (excludes halogenated alkanes) is 55. The summed E-state index contributed by atoms with van der Waals surface area (Å²) in [5.74, 6) is -0.00647. The minimum absolute atomic E-state index is 0.0203. The summed E-state index contributed by atoms with van der Waals surface area (Å²) in [4.78, 5) is 24.5. The molecule has 0 radical (unpaired) electrons. The maximum Gasteiger partial charge on any atom is 0.305 e. The topological polar surface area (TPSA) is 95.9 Å². The number of hydrogen-bond acceptors (Lipinski definition) is 5. The highest BCUT2D eigenvalue weighted by atomic mass is 16.5. The van der Waals surface area contributed by atoms with Crippen LogP contribution in [-0.4, -0.2) is 47.4 Å². The zero-order chi connectivity index (χ0) is 54.3. The molecule has 448 valence electrons. The summed E-state index contributed by atoms with van der Waals surface area (Å²) in [5, 5.41) is 23.4. The van der Waals surface area contributed by atoms with Crippen molar-refractivity contribution in [3.8, 4) is 0 Å². The molecule has 0 saturated carbocycles. The fraction of sp³-hybridized carbons (Fsp3) is 0.971. The second kappa shape index (κ2) is 65.4. The Morgan fingerprint density at radius 2 is 0.547 bits per heavy atom. The lowest BCUT2D eigenvalue weighted by atomic mass is 10.0. The first kappa shape index (κ1) is 73.9. The van der Waals surface area contributed by atoms with Crippen LogP contribution in [0.25, 0.3) is 0 Å². The summed E-state index contributed by atoms with van der Waals surface area (Å²) >= 11 is 0. The van der Waals surface area contributed by atoms with Gasteiger partial charge in [0.2, 0.25) is 5.91 Å². The minimum atomic E-state index is -0.661. The summed E-state index contributed by atoms with van der Waals surface area (Å²) < 4.78 is 5.48. The molecule has 0 fully saturated rings. The lowest BCUT2D eigenvalue weighted by molar-refractivity contribution is -0.143. The summed E-state index contributed by atoms with van der Waals surface area (Å²) in [6.45, 7) is 5.00. The average molecular weight is 1060 g/mol. The van der Waals surface area contributed by atoms with E-state index in [1.54, 1.807) is 0 Å². The van der Waals surface area contributed by atoms with Crippen LogP contribution in [0.2, 0.25) is 0 Å². The summed E-state index contributed by atoms with van der Waals surface area (Å²) in [6, 6.07) is -0.538. The molecule has 0 saturated heterocycles. The first-order chi connectivity index (χ1) is 37.0. The average Bonchev–Trinajstić information content (AvgIpc) is 3.41. The zero-order valence-corrected chi connectivity index (χ0v) is 51.3. The van der Waals surface area contributed by atoms with Gasteiger partial charge in [-0.15, -0.1) is 0 Å². The second-order valence-electron chi connectivity index (χ2n) is 24.2. The van der Waals surface area contributed by atoms with E-state index >= 15 is 0 Å². The van der Waals surface area contributed by atoms with Crippen LogP contribution in [0.3, 0.4) is 0 Å². The maximum absolute atomic E-state index is 12.5. The van der Waals surface area contributed by atoms with Gasteiger partial charge >= 0.3 is 5.97 Å². The molecule has 2 unspecified atom stereocenters.